The quantitative estimate of drug-likeness (QED) is 0.265. The second-order valence-corrected chi connectivity index (χ2v) is 59.9. The maximum absolute atomic E-state index is 3.31. The van der Waals surface area contributed by atoms with E-state index in [1.54, 1.807) is 0 Å². The van der Waals surface area contributed by atoms with Gasteiger partial charge in [0, 0.05) is 0 Å². The van der Waals surface area contributed by atoms with Gasteiger partial charge in [-0.1, -0.05) is 0 Å². The fraction of sp³-hybridized carbons (Fsp3) is 0. The third kappa shape index (κ3) is 43.0. The Hall–Kier alpha value is 3.57. The van der Waals surface area contributed by atoms with Crippen molar-refractivity contribution in [2.45, 2.75) is 0 Å². The van der Waals surface area contributed by atoms with Gasteiger partial charge < -0.3 is 34.0 Å². The van der Waals surface area contributed by atoms with E-state index >= 15 is 0 Å². The van der Waals surface area contributed by atoms with Crippen LogP contribution >= 0.6 is 53.2 Å². The molecule has 0 atom stereocenters. The molecule has 52 valence electrons. The molecule has 0 aromatic rings. The third-order valence-corrected chi connectivity index (χ3v) is 0. The number of halogens is 6. The molecule has 0 fully saturated rings. The van der Waals surface area contributed by atoms with Gasteiger partial charge in [-0.15, -0.1) is 0 Å². The van der Waals surface area contributed by atoms with E-state index in [0.717, 1.165) is 0 Å². The molecular weight excluding hydrogens is 675 g/mol. The van der Waals surface area contributed by atoms with Crippen molar-refractivity contribution in [3.63, 3.8) is 0 Å². The molecule has 0 aromatic heterocycles. The Labute approximate surface area is 92.9 Å². The molecular formula is Br6Pt. The third-order valence-electron chi connectivity index (χ3n) is 0. The summed E-state index contributed by atoms with van der Waals surface area (Å²) in [6.07, 6.45) is 0. The van der Waals surface area contributed by atoms with Gasteiger partial charge in [0.15, 0.2) is 0 Å². The van der Waals surface area contributed by atoms with E-state index in [2.05, 4.69) is 53.2 Å². The van der Waals surface area contributed by atoms with Gasteiger partial charge in [-0.25, -0.2) is 0 Å². The van der Waals surface area contributed by atoms with Crippen molar-refractivity contribution in [2.75, 3.05) is 0 Å². The first-order valence-corrected chi connectivity index (χ1v) is 20.3. The molecule has 0 bridgehead atoms. The second-order valence-electron chi connectivity index (χ2n) is 0.271. The van der Waals surface area contributed by atoms with Crippen molar-refractivity contribution in [3.05, 3.63) is 0 Å². The monoisotopic (exact) mass is 668 g/mol. The predicted octanol–water partition coefficient (Wildman–Crippen LogP) is -2.61. The fourth-order valence-corrected chi connectivity index (χ4v) is 0. The van der Waals surface area contributed by atoms with Gasteiger partial charge in [0.2, 0.25) is 0 Å². The van der Waals surface area contributed by atoms with Gasteiger partial charge >= 0.3 is 61.0 Å². The minimum atomic E-state index is -1.69. The molecule has 0 nitrogen and oxygen atoms in total. The Bertz CT molecular complexity index is 19.7. The van der Waals surface area contributed by atoms with Gasteiger partial charge in [-0.2, -0.15) is 0 Å². The van der Waals surface area contributed by atoms with Crippen LogP contribution in [-0.2, 0) is 7.84 Å². The summed E-state index contributed by atoms with van der Waals surface area (Å²) < 4.78 is 0. The molecule has 0 aromatic carbocycles. The number of rotatable bonds is 0. The molecule has 0 aliphatic heterocycles. The summed E-state index contributed by atoms with van der Waals surface area (Å²) in [5.74, 6) is 0. The SMILES string of the molecule is [Br-].[Br-].[Br][Pt+2]([Br])([Br])[Br]. The minimum absolute atomic E-state index is 0. The summed E-state index contributed by atoms with van der Waals surface area (Å²) in [5, 5.41) is 0. The zero-order valence-electron chi connectivity index (χ0n) is 2.58. The maximum atomic E-state index is 3.31. The van der Waals surface area contributed by atoms with Crippen LogP contribution in [0.5, 0.6) is 0 Å². The summed E-state index contributed by atoms with van der Waals surface area (Å²) >= 11 is 13.2. The summed E-state index contributed by atoms with van der Waals surface area (Å²) in [4.78, 5) is 0. The van der Waals surface area contributed by atoms with E-state index in [4.69, 9.17) is 0 Å². The zero-order valence-corrected chi connectivity index (χ0v) is 14.4. The zero-order chi connectivity index (χ0) is 4.50. The molecule has 0 radical (unpaired) electrons. The van der Waals surface area contributed by atoms with Crippen LogP contribution in [0.3, 0.4) is 0 Å². The van der Waals surface area contributed by atoms with Gasteiger partial charge in [-0.3, -0.25) is 0 Å². The molecule has 0 rings (SSSR count). The Morgan fingerprint density at radius 1 is 0.714 bits per heavy atom. The van der Waals surface area contributed by atoms with Crippen molar-refractivity contribution in [3.8, 4) is 0 Å². The molecule has 0 heterocycles. The van der Waals surface area contributed by atoms with Crippen LogP contribution in [0, 0.1) is 0 Å². The molecule has 0 amide bonds. The van der Waals surface area contributed by atoms with E-state index < -0.39 is 7.84 Å². The molecule has 0 unspecified atom stereocenters. The summed E-state index contributed by atoms with van der Waals surface area (Å²) in [6, 6.07) is 0. The molecule has 0 N–H and O–H groups in total. The van der Waals surface area contributed by atoms with Gasteiger partial charge in [0.25, 0.3) is 0 Å². The van der Waals surface area contributed by atoms with E-state index in [1.807, 2.05) is 0 Å². The second kappa shape index (κ2) is 7.67. The first-order valence-electron chi connectivity index (χ1n) is 0.478. The molecule has 0 aliphatic rings. The van der Waals surface area contributed by atoms with Gasteiger partial charge in [0.1, 0.15) is 0 Å². The molecule has 0 spiro atoms. The molecule has 0 saturated carbocycles. The predicted molar refractivity (Wildman–Crippen MR) is 35.7 cm³/mol. The number of hydrogen-bond donors (Lipinski definition) is 0. The normalized spacial score (nSPS) is 10.9. The van der Waals surface area contributed by atoms with E-state index in [0.29, 0.717) is 0 Å². The van der Waals surface area contributed by atoms with E-state index in [-0.39, 0.29) is 34.0 Å². The van der Waals surface area contributed by atoms with Crippen molar-refractivity contribution in [2.24, 2.45) is 0 Å². The van der Waals surface area contributed by atoms with Crippen LogP contribution in [0.15, 0.2) is 0 Å². The summed E-state index contributed by atoms with van der Waals surface area (Å²) in [7, 11) is -1.69. The van der Waals surface area contributed by atoms with E-state index in [9.17, 15) is 0 Å². The van der Waals surface area contributed by atoms with Crippen LogP contribution in [0.2, 0.25) is 0 Å². The summed E-state index contributed by atoms with van der Waals surface area (Å²) in [6.45, 7) is 0. The van der Waals surface area contributed by atoms with Crippen LogP contribution < -0.4 is 34.0 Å². The van der Waals surface area contributed by atoms with Crippen LogP contribution in [0.25, 0.3) is 0 Å². The van der Waals surface area contributed by atoms with Crippen LogP contribution in [-0.4, -0.2) is 0 Å². The Balaban J connectivity index is -0.0000000800. The Morgan fingerprint density at radius 3 is 0.714 bits per heavy atom. The van der Waals surface area contributed by atoms with Crippen LogP contribution in [0.4, 0.5) is 0 Å². The summed E-state index contributed by atoms with van der Waals surface area (Å²) in [5.41, 5.74) is 0. The average Bonchev–Trinajstić information content (AvgIpc) is 0.722. The average molecular weight is 675 g/mol. The Morgan fingerprint density at radius 2 is 0.714 bits per heavy atom. The molecule has 7 heteroatoms. The van der Waals surface area contributed by atoms with E-state index in [1.165, 1.54) is 0 Å². The van der Waals surface area contributed by atoms with Crippen LogP contribution in [0.1, 0.15) is 0 Å². The Kier molecular flexibility index (Phi) is 18.5. The first kappa shape index (κ1) is 16.9. The topological polar surface area (TPSA) is 0 Å². The molecule has 7 heavy (non-hydrogen) atoms. The fourth-order valence-electron chi connectivity index (χ4n) is 0. The van der Waals surface area contributed by atoms with Crippen molar-refractivity contribution in [1.82, 2.24) is 0 Å². The van der Waals surface area contributed by atoms with Crippen molar-refractivity contribution < 1.29 is 41.8 Å². The van der Waals surface area contributed by atoms with Gasteiger partial charge in [0.05, 0.1) is 0 Å². The number of hydrogen-bond acceptors (Lipinski definition) is 0. The molecule has 0 saturated heterocycles. The van der Waals surface area contributed by atoms with Crippen molar-refractivity contribution >= 4 is 53.2 Å². The van der Waals surface area contributed by atoms with Crippen molar-refractivity contribution in [1.29, 1.82) is 0 Å². The first-order chi connectivity index (χ1) is 2.00. The van der Waals surface area contributed by atoms with Gasteiger partial charge in [-0.05, 0) is 0 Å². The molecule has 0 aliphatic carbocycles. The standard InChI is InChI=1S/6BrH.Pt/h6*1H;/q;;;;;;+6/p-6.